The number of halogens is 2. The molecule has 0 unspecified atom stereocenters. The van der Waals surface area contributed by atoms with E-state index in [0.717, 1.165) is 6.42 Å². The van der Waals surface area contributed by atoms with Gasteiger partial charge in [-0.05, 0) is 36.8 Å². The van der Waals surface area contributed by atoms with E-state index in [1.807, 2.05) is 0 Å². The molecule has 1 nitrogen and oxygen atoms in total. The number of thiophene rings is 1. The van der Waals surface area contributed by atoms with Crippen molar-refractivity contribution in [2.24, 2.45) is 0 Å². The van der Waals surface area contributed by atoms with Crippen molar-refractivity contribution in [1.82, 2.24) is 0 Å². The van der Waals surface area contributed by atoms with Crippen LogP contribution in [0.4, 0.5) is 10.1 Å². The van der Waals surface area contributed by atoms with Crippen molar-refractivity contribution >= 4 is 28.6 Å². The molecule has 17 heavy (non-hydrogen) atoms. The molecule has 0 saturated carbocycles. The highest BCUT2D eigenvalue weighted by Crippen LogP contribution is 2.22. The first-order chi connectivity index (χ1) is 8.19. The van der Waals surface area contributed by atoms with E-state index in [0.29, 0.717) is 17.3 Å². The lowest BCUT2D eigenvalue weighted by atomic mass is 10.3. The van der Waals surface area contributed by atoms with Crippen molar-refractivity contribution in [2.75, 3.05) is 5.32 Å². The van der Waals surface area contributed by atoms with E-state index in [9.17, 15) is 4.39 Å². The van der Waals surface area contributed by atoms with Gasteiger partial charge in [0.2, 0.25) is 0 Å². The third kappa shape index (κ3) is 3.20. The van der Waals surface area contributed by atoms with Crippen molar-refractivity contribution in [2.45, 2.75) is 19.9 Å². The van der Waals surface area contributed by atoms with Crippen LogP contribution in [0.1, 0.15) is 16.7 Å². The van der Waals surface area contributed by atoms with Crippen LogP contribution in [0.15, 0.2) is 30.3 Å². The van der Waals surface area contributed by atoms with Gasteiger partial charge in [0, 0.05) is 21.3 Å². The van der Waals surface area contributed by atoms with Gasteiger partial charge in [-0.25, -0.2) is 4.39 Å². The summed E-state index contributed by atoms with van der Waals surface area (Å²) in [6.45, 7) is 2.77. The number of rotatable bonds is 4. The van der Waals surface area contributed by atoms with Crippen molar-refractivity contribution in [1.29, 1.82) is 0 Å². The fourth-order valence-corrected chi connectivity index (χ4v) is 2.58. The molecular formula is C13H13ClFNS. The molecule has 2 aromatic rings. The predicted molar refractivity (Wildman–Crippen MR) is 72.4 cm³/mol. The maximum atomic E-state index is 13.5. The van der Waals surface area contributed by atoms with Gasteiger partial charge in [0.1, 0.15) is 5.82 Å². The van der Waals surface area contributed by atoms with E-state index in [-0.39, 0.29) is 5.82 Å². The average molecular weight is 270 g/mol. The van der Waals surface area contributed by atoms with Crippen molar-refractivity contribution < 1.29 is 4.39 Å². The Hall–Kier alpha value is -1.06. The summed E-state index contributed by atoms with van der Waals surface area (Å²) in [4.78, 5) is 2.55. The summed E-state index contributed by atoms with van der Waals surface area (Å²) >= 11 is 7.44. The Bertz CT molecular complexity index is 510. The van der Waals surface area contributed by atoms with E-state index < -0.39 is 0 Å². The second-order valence-electron chi connectivity index (χ2n) is 3.70. The summed E-state index contributed by atoms with van der Waals surface area (Å²) in [5.41, 5.74) is 0.487. The molecule has 4 heteroatoms. The lowest BCUT2D eigenvalue weighted by molar-refractivity contribution is 0.630. The standard InChI is InChI=1S/C13H13ClFNS/c1-2-10-4-5-11(17-10)8-16-13-6-3-9(14)7-12(13)15/h3-7,16H,2,8H2,1H3. The first-order valence-electron chi connectivity index (χ1n) is 5.45. The fourth-order valence-electron chi connectivity index (χ4n) is 1.52. The molecule has 1 N–H and O–H groups in total. The highest BCUT2D eigenvalue weighted by atomic mass is 35.5. The third-order valence-corrected chi connectivity index (χ3v) is 3.91. The summed E-state index contributed by atoms with van der Waals surface area (Å²) in [6.07, 6.45) is 1.04. The number of nitrogens with one attached hydrogen (secondary N) is 1. The Balaban J connectivity index is 2.02. The quantitative estimate of drug-likeness (QED) is 0.847. The summed E-state index contributed by atoms with van der Waals surface area (Å²) < 4.78 is 13.5. The van der Waals surface area contributed by atoms with Crippen molar-refractivity contribution in [3.05, 3.63) is 50.9 Å². The van der Waals surface area contributed by atoms with Crippen LogP contribution in [0.25, 0.3) is 0 Å². The molecule has 0 radical (unpaired) electrons. The third-order valence-electron chi connectivity index (χ3n) is 2.45. The lowest BCUT2D eigenvalue weighted by Gasteiger charge is -2.06. The van der Waals surface area contributed by atoms with Gasteiger partial charge in [-0.2, -0.15) is 0 Å². The minimum Gasteiger partial charge on any atom is -0.378 e. The normalized spacial score (nSPS) is 10.5. The molecule has 90 valence electrons. The van der Waals surface area contributed by atoms with Crippen molar-refractivity contribution in [3.63, 3.8) is 0 Å². The summed E-state index contributed by atoms with van der Waals surface area (Å²) in [7, 11) is 0. The zero-order valence-corrected chi connectivity index (χ0v) is 11.0. The Morgan fingerprint density at radius 1 is 1.24 bits per heavy atom. The highest BCUT2D eigenvalue weighted by Gasteiger charge is 2.03. The molecule has 1 aromatic carbocycles. The molecular weight excluding hydrogens is 257 g/mol. The SMILES string of the molecule is CCc1ccc(CNc2ccc(Cl)cc2F)s1. The van der Waals surface area contributed by atoms with Crippen LogP contribution in [-0.2, 0) is 13.0 Å². The minimum absolute atomic E-state index is 0.315. The Labute approximate surface area is 109 Å². The minimum atomic E-state index is -0.315. The molecule has 2 rings (SSSR count). The monoisotopic (exact) mass is 269 g/mol. The van der Waals surface area contributed by atoms with E-state index in [2.05, 4.69) is 24.4 Å². The molecule has 0 atom stereocenters. The van der Waals surface area contributed by atoms with E-state index in [4.69, 9.17) is 11.6 Å². The van der Waals surface area contributed by atoms with Gasteiger partial charge in [-0.3, -0.25) is 0 Å². The highest BCUT2D eigenvalue weighted by molar-refractivity contribution is 7.12. The van der Waals surface area contributed by atoms with Gasteiger partial charge in [-0.15, -0.1) is 11.3 Å². The average Bonchev–Trinajstić information content (AvgIpc) is 2.76. The van der Waals surface area contributed by atoms with Crippen LogP contribution >= 0.6 is 22.9 Å². The predicted octanol–water partition coefficient (Wildman–Crippen LogP) is 4.72. The molecule has 0 amide bonds. The molecule has 0 aliphatic carbocycles. The van der Waals surface area contributed by atoms with Crippen LogP contribution in [0.2, 0.25) is 5.02 Å². The molecule has 1 aromatic heterocycles. The van der Waals surface area contributed by atoms with Gasteiger partial charge in [0.05, 0.1) is 5.69 Å². The number of anilines is 1. The number of hydrogen-bond acceptors (Lipinski definition) is 2. The Morgan fingerprint density at radius 2 is 2.00 bits per heavy atom. The zero-order chi connectivity index (χ0) is 12.3. The topological polar surface area (TPSA) is 12.0 Å². The number of benzene rings is 1. The second-order valence-corrected chi connectivity index (χ2v) is 5.39. The molecule has 0 spiro atoms. The van der Waals surface area contributed by atoms with Gasteiger partial charge in [0.15, 0.2) is 0 Å². The maximum absolute atomic E-state index is 13.5. The molecule has 0 saturated heterocycles. The first kappa shape index (κ1) is 12.4. The van der Waals surface area contributed by atoms with Crippen LogP contribution < -0.4 is 5.32 Å². The molecule has 1 heterocycles. The van der Waals surface area contributed by atoms with Gasteiger partial charge in [-0.1, -0.05) is 18.5 Å². The van der Waals surface area contributed by atoms with Crippen molar-refractivity contribution in [3.8, 4) is 0 Å². The smallest absolute Gasteiger partial charge is 0.147 e. The summed E-state index contributed by atoms with van der Waals surface area (Å²) in [6, 6.07) is 8.84. The molecule has 0 bridgehead atoms. The van der Waals surface area contributed by atoms with Crippen LogP contribution in [0.5, 0.6) is 0 Å². The molecule has 0 aliphatic rings. The van der Waals surface area contributed by atoms with Gasteiger partial charge >= 0.3 is 0 Å². The van der Waals surface area contributed by atoms with Crippen LogP contribution in [-0.4, -0.2) is 0 Å². The van der Waals surface area contributed by atoms with E-state index in [1.165, 1.54) is 15.8 Å². The molecule has 0 fully saturated rings. The van der Waals surface area contributed by atoms with E-state index in [1.54, 1.807) is 23.5 Å². The Morgan fingerprint density at radius 3 is 2.65 bits per heavy atom. The van der Waals surface area contributed by atoms with Gasteiger partial charge < -0.3 is 5.32 Å². The largest absolute Gasteiger partial charge is 0.378 e. The summed E-state index contributed by atoms with van der Waals surface area (Å²) in [5.74, 6) is -0.315. The zero-order valence-electron chi connectivity index (χ0n) is 9.47. The maximum Gasteiger partial charge on any atom is 0.147 e. The van der Waals surface area contributed by atoms with Crippen LogP contribution in [0, 0.1) is 5.82 Å². The molecule has 0 aliphatic heterocycles. The fraction of sp³-hybridized carbons (Fsp3) is 0.231. The van der Waals surface area contributed by atoms with E-state index >= 15 is 0 Å². The second kappa shape index (κ2) is 5.52. The first-order valence-corrected chi connectivity index (χ1v) is 6.65. The Kier molecular flexibility index (Phi) is 4.02. The number of aryl methyl sites for hydroxylation is 1. The summed E-state index contributed by atoms with van der Waals surface area (Å²) in [5, 5.41) is 3.48. The number of hydrogen-bond donors (Lipinski definition) is 1. The van der Waals surface area contributed by atoms with Crippen LogP contribution in [0.3, 0.4) is 0 Å². The lowest BCUT2D eigenvalue weighted by Crippen LogP contribution is -1.99. The van der Waals surface area contributed by atoms with Gasteiger partial charge in [0.25, 0.3) is 0 Å².